The molecule has 0 saturated carbocycles. The molecule has 132 valence electrons. The van der Waals surface area contributed by atoms with Gasteiger partial charge in [-0.05, 0) is 12.1 Å². The van der Waals surface area contributed by atoms with Crippen molar-refractivity contribution in [1.29, 1.82) is 0 Å². The summed E-state index contributed by atoms with van der Waals surface area (Å²) in [5, 5.41) is 10.2. The maximum atomic E-state index is 13.1. The molecule has 0 saturated heterocycles. The van der Waals surface area contributed by atoms with Crippen molar-refractivity contribution in [2.45, 2.75) is 19.4 Å². The second-order valence-electron chi connectivity index (χ2n) is 5.14. The number of carbonyl (C=O) groups is 1. The largest absolute Gasteiger partial charge is 0.345 e. The Morgan fingerprint density at radius 3 is 2.60 bits per heavy atom. The van der Waals surface area contributed by atoms with Crippen molar-refractivity contribution in [3.8, 4) is 0 Å². The van der Waals surface area contributed by atoms with Gasteiger partial charge in [-0.25, -0.2) is 27.1 Å². The first kappa shape index (κ1) is 16.9. The van der Waals surface area contributed by atoms with Crippen LogP contribution >= 0.6 is 0 Å². The van der Waals surface area contributed by atoms with Crippen molar-refractivity contribution >= 4 is 11.6 Å². The fraction of sp³-hybridized carbons (Fsp3) is 0.286. The fourth-order valence-corrected chi connectivity index (χ4v) is 2.23. The molecule has 0 aliphatic rings. The summed E-state index contributed by atoms with van der Waals surface area (Å²) in [5.41, 5.74) is -1.30. The highest BCUT2D eigenvalue weighted by Gasteiger charge is 2.22. The average molecular weight is 356 g/mol. The smallest absolute Gasteiger partial charge is 0.280 e. The number of hydrogen-bond donors (Lipinski definition) is 1. The van der Waals surface area contributed by atoms with E-state index in [0.29, 0.717) is 16.3 Å². The topological polar surface area (TPSA) is 77.1 Å². The minimum absolute atomic E-state index is 0.140. The summed E-state index contributed by atoms with van der Waals surface area (Å²) >= 11 is 0. The van der Waals surface area contributed by atoms with Crippen LogP contribution in [0.2, 0.25) is 0 Å². The fourth-order valence-electron chi connectivity index (χ4n) is 2.23. The van der Waals surface area contributed by atoms with Crippen LogP contribution < -0.4 is 5.32 Å². The molecular formula is C14H12F4N6O. The maximum absolute atomic E-state index is 13.1. The van der Waals surface area contributed by atoms with Crippen LogP contribution in [0, 0.1) is 0 Å². The summed E-state index contributed by atoms with van der Waals surface area (Å²) in [4.78, 5) is 15.7. The second-order valence-corrected chi connectivity index (χ2v) is 5.14. The van der Waals surface area contributed by atoms with Gasteiger partial charge in [-0.15, -0.1) is 0 Å². The van der Waals surface area contributed by atoms with E-state index in [4.69, 9.17) is 0 Å². The molecule has 25 heavy (non-hydrogen) atoms. The van der Waals surface area contributed by atoms with Crippen LogP contribution in [0.4, 0.5) is 17.6 Å². The molecule has 3 heterocycles. The monoisotopic (exact) mass is 356 g/mol. The molecule has 3 rings (SSSR count). The predicted octanol–water partition coefficient (Wildman–Crippen LogP) is 2.27. The van der Waals surface area contributed by atoms with E-state index in [0.717, 1.165) is 6.07 Å². The van der Waals surface area contributed by atoms with E-state index in [1.807, 2.05) is 0 Å². The van der Waals surface area contributed by atoms with Gasteiger partial charge in [0.15, 0.2) is 11.3 Å². The normalized spacial score (nSPS) is 11.6. The van der Waals surface area contributed by atoms with Crippen LogP contribution in [-0.4, -0.2) is 30.3 Å². The van der Waals surface area contributed by atoms with Crippen molar-refractivity contribution in [2.24, 2.45) is 7.05 Å². The quantitative estimate of drug-likeness (QED) is 0.712. The van der Waals surface area contributed by atoms with E-state index >= 15 is 0 Å². The number of nitrogens with one attached hydrogen (secondary N) is 1. The first-order valence-corrected chi connectivity index (χ1v) is 7.09. The Kier molecular flexibility index (Phi) is 4.38. The van der Waals surface area contributed by atoms with E-state index in [2.05, 4.69) is 20.5 Å². The highest BCUT2D eigenvalue weighted by Crippen LogP contribution is 2.25. The third-order valence-electron chi connectivity index (χ3n) is 3.51. The summed E-state index contributed by atoms with van der Waals surface area (Å²) in [6.45, 7) is 0.140. The number of aromatic nitrogens is 5. The second kappa shape index (κ2) is 6.49. The van der Waals surface area contributed by atoms with Gasteiger partial charge in [-0.3, -0.25) is 9.48 Å². The SMILES string of the molecule is Cn1nccc1CNC(=O)c1cc2nc(C(F)F)cc(C(F)F)n2n1. The van der Waals surface area contributed by atoms with Gasteiger partial charge in [0.25, 0.3) is 18.8 Å². The lowest BCUT2D eigenvalue weighted by Crippen LogP contribution is -2.24. The van der Waals surface area contributed by atoms with Crippen LogP contribution in [0.25, 0.3) is 5.65 Å². The lowest BCUT2D eigenvalue weighted by molar-refractivity contribution is 0.0943. The van der Waals surface area contributed by atoms with E-state index < -0.39 is 30.1 Å². The van der Waals surface area contributed by atoms with Crippen LogP contribution in [-0.2, 0) is 13.6 Å². The number of amides is 1. The number of hydrogen-bond acceptors (Lipinski definition) is 4. The Labute approximate surface area is 138 Å². The van der Waals surface area contributed by atoms with Crippen LogP contribution in [0.15, 0.2) is 24.4 Å². The molecule has 0 radical (unpaired) electrons. The number of aryl methyl sites for hydroxylation is 1. The van der Waals surface area contributed by atoms with Crippen LogP contribution in [0.5, 0.6) is 0 Å². The number of carbonyl (C=O) groups excluding carboxylic acids is 1. The molecule has 0 fully saturated rings. The van der Waals surface area contributed by atoms with Crippen molar-refractivity contribution in [3.05, 3.63) is 47.2 Å². The van der Waals surface area contributed by atoms with E-state index in [9.17, 15) is 22.4 Å². The molecule has 0 unspecified atom stereocenters. The van der Waals surface area contributed by atoms with Crippen LogP contribution in [0.3, 0.4) is 0 Å². The minimum atomic E-state index is -3.05. The van der Waals surface area contributed by atoms with Gasteiger partial charge >= 0.3 is 0 Å². The molecule has 0 aromatic carbocycles. The molecule has 0 aliphatic carbocycles. The molecule has 1 amide bonds. The van der Waals surface area contributed by atoms with Crippen molar-refractivity contribution < 1.29 is 22.4 Å². The van der Waals surface area contributed by atoms with Crippen molar-refractivity contribution in [1.82, 2.24) is 29.7 Å². The van der Waals surface area contributed by atoms with Gasteiger partial charge in [0.05, 0.1) is 12.2 Å². The highest BCUT2D eigenvalue weighted by atomic mass is 19.3. The van der Waals surface area contributed by atoms with Gasteiger partial charge in [-0.1, -0.05) is 0 Å². The molecular weight excluding hydrogens is 344 g/mol. The molecule has 11 heteroatoms. The zero-order chi connectivity index (χ0) is 18.1. The summed E-state index contributed by atoms with van der Waals surface area (Å²) in [7, 11) is 1.69. The van der Waals surface area contributed by atoms with E-state index in [1.165, 1.54) is 0 Å². The molecule has 1 N–H and O–H groups in total. The van der Waals surface area contributed by atoms with Gasteiger partial charge in [0.1, 0.15) is 11.4 Å². The summed E-state index contributed by atoms with van der Waals surface area (Å²) < 4.78 is 54.0. The lowest BCUT2D eigenvalue weighted by Gasteiger charge is -2.06. The number of halogens is 4. The Morgan fingerprint density at radius 2 is 2.00 bits per heavy atom. The van der Waals surface area contributed by atoms with Gasteiger partial charge in [0.2, 0.25) is 0 Å². The zero-order valence-electron chi connectivity index (χ0n) is 12.8. The number of rotatable bonds is 5. The average Bonchev–Trinajstić information content (AvgIpc) is 3.17. The molecule has 0 aliphatic heterocycles. The number of fused-ring (bicyclic) bond motifs is 1. The van der Waals surface area contributed by atoms with Crippen molar-refractivity contribution in [3.63, 3.8) is 0 Å². The van der Waals surface area contributed by atoms with Crippen molar-refractivity contribution in [2.75, 3.05) is 0 Å². The maximum Gasteiger partial charge on any atom is 0.280 e. The summed E-state index contributed by atoms with van der Waals surface area (Å²) in [5.74, 6) is -0.648. The Hall–Kier alpha value is -2.98. The Bertz CT molecular complexity index is 919. The predicted molar refractivity (Wildman–Crippen MR) is 77.3 cm³/mol. The molecule has 0 atom stereocenters. The Balaban J connectivity index is 1.90. The molecule has 0 bridgehead atoms. The minimum Gasteiger partial charge on any atom is -0.345 e. The van der Waals surface area contributed by atoms with E-state index in [1.54, 1.807) is 24.0 Å². The first-order chi connectivity index (χ1) is 11.9. The Morgan fingerprint density at radius 1 is 1.24 bits per heavy atom. The van der Waals surface area contributed by atoms with Gasteiger partial charge in [0, 0.05) is 19.3 Å². The van der Waals surface area contributed by atoms with E-state index in [-0.39, 0.29) is 17.9 Å². The summed E-state index contributed by atoms with van der Waals surface area (Å²) in [6, 6.07) is 3.35. The zero-order valence-corrected chi connectivity index (χ0v) is 12.8. The lowest BCUT2D eigenvalue weighted by atomic mass is 10.3. The molecule has 7 nitrogen and oxygen atoms in total. The molecule has 3 aromatic heterocycles. The van der Waals surface area contributed by atoms with Crippen LogP contribution in [0.1, 0.15) is 40.4 Å². The number of nitrogens with zero attached hydrogens (tertiary/aromatic N) is 5. The standard InChI is InChI=1S/C14H12F4N6O/c1-23-7(2-3-20-23)6-19-14(25)9-5-11-21-8(12(15)16)4-10(13(17)18)24(11)22-9/h2-5,12-13H,6H2,1H3,(H,19,25). The van der Waals surface area contributed by atoms with Gasteiger partial charge < -0.3 is 5.32 Å². The first-order valence-electron chi connectivity index (χ1n) is 7.09. The third-order valence-corrected chi connectivity index (χ3v) is 3.51. The molecule has 0 spiro atoms. The number of alkyl halides is 4. The third kappa shape index (κ3) is 3.30. The van der Waals surface area contributed by atoms with Gasteiger partial charge in [-0.2, -0.15) is 10.2 Å². The summed E-state index contributed by atoms with van der Waals surface area (Å²) in [6.07, 6.45) is -4.51. The molecule has 3 aromatic rings. The highest BCUT2D eigenvalue weighted by molar-refractivity contribution is 5.93.